The second kappa shape index (κ2) is 6.13. The highest BCUT2D eigenvalue weighted by molar-refractivity contribution is 6.29. The molecule has 8 heteroatoms. The number of rotatable bonds is 4. The minimum Gasteiger partial charge on any atom is -0.293 e. The fourth-order valence-corrected chi connectivity index (χ4v) is 4.11. The van der Waals surface area contributed by atoms with E-state index >= 15 is 0 Å². The van der Waals surface area contributed by atoms with Gasteiger partial charge in [0, 0.05) is 29.8 Å². The number of carbonyl (C=O) groups is 1. The van der Waals surface area contributed by atoms with E-state index in [9.17, 15) is 4.79 Å². The lowest BCUT2D eigenvalue weighted by atomic mass is 9.96. The fourth-order valence-electron chi connectivity index (χ4n) is 4.00. The zero-order valence-corrected chi connectivity index (χ0v) is 15.4. The fraction of sp³-hybridized carbons (Fsp3) is 0.316. The number of halogens is 1. The molecule has 1 saturated carbocycles. The maximum Gasteiger partial charge on any atom is 0.232 e. The zero-order chi connectivity index (χ0) is 18.5. The number of fused-ring (bicyclic) bond motifs is 1. The van der Waals surface area contributed by atoms with Crippen molar-refractivity contribution in [3.8, 4) is 11.3 Å². The van der Waals surface area contributed by atoms with Gasteiger partial charge < -0.3 is 0 Å². The Morgan fingerprint density at radius 3 is 2.89 bits per heavy atom. The van der Waals surface area contributed by atoms with Crippen LogP contribution < -0.4 is 4.90 Å². The summed E-state index contributed by atoms with van der Waals surface area (Å²) in [6.45, 7) is 1.96. The number of amides is 1. The van der Waals surface area contributed by atoms with E-state index in [-0.39, 0.29) is 17.9 Å². The van der Waals surface area contributed by atoms with Crippen LogP contribution in [-0.4, -0.2) is 37.3 Å². The summed E-state index contributed by atoms with van der Waals surface area (Å²) >= 11 is 5.86. The molecular weight excluding hydrogens is 364 g/mol. The number of piperidine rings is 1. The highest BCUT2D eigenvalue weighted by Gasteiger charge is 2.59. The second-order valence-corrected chi connectivity index (χ2v) is 7.59. The average Bonchev–Trinajstić information content (AvgIpc) is 3.18. The van der Waals surface area contributed by atoms with Gasteiger partial charge in [-0.15, -0.1) is 0 Å². The van der Waals surface area contributed by atoms with Gasteiger partial charge in [0.15, 0.2) is 0 Å². The summed E-state index contributed by atoms with van der Waals surface area (Å²) in [4.78, 5) is 19.0. The van der Waals surface area contributed by atoms with Crippen LogP contribution >= 0.6 is 11.6 Å². The molecule has 7 nitrogen and oxygen atoms in total. The molecule has 1 aliphatic heterocycles. The molecule has 0 unspecified atom stereocenters. The number of hydrogen-bond donors (Lipinski definition) is 1. The number of nitrogens with zero attached hydrogens (tertiary/aromatic N) is 5. The number of aromatic nitrogens is 5. The molecular formula is C19H17ClN6O. The standard InChI is InChI=1S/C19H17ClN6O/c1-10-7-22-23-9-14(10)15-6-18(25-24-15)26-16-5-12(16)13(19(26)27)4-11-2-3-17(20)21-8-11/h2-3,6-9,12-13,16H,4-5H2,1H3,(H,24,25)/t12-,13+,16-/m0/s1. The van der Waals surface area contributed by atoms with Crippen LogP contribution in [0.3, 0.4) is 0 Å². The first-order valence-electron chi connectivity index (χ1n) is 8.88. The molecule has 1 aliphatic carbocycles. The predicted octanol–water partition coefficient (Wildman–Crippen LogP) is 2.82. The van der Waals surface area contributed by atoms with Crippen LogP contribution in [0.4, 0.5) is 5.82 Å². The molecule has 1 N–H and O–H groups in total. The van der Waals surface area contributed by atoms with E-state index in [4.69, 9.17) is 11.6 Å². The van der Waals surface area contributed by atoms with Crippen LogP contribution in [0.15, 0.2) is 36.8 Å². The number of pyridine rings is 1. The Balaban J connectivity index is 1.39. The third-order valence-corrected chi connectivity index (χ3v) is 5.71. The number of nitrogens with one attached hydrogen (secondary N) is 1. The predicted molar refractivity (Wildman–Crippen MR) is 100 cm³/mol. The van der Waals surface area contributed by atoms with E-state index in [2.05, 4.69) is 25.4 Å². The lowest BCUT2D eigenvalue weighted by Gasteiger charge is -2.18. The molecule has 3 atom stereocenters. The topological polar surface area (TPSA) is 87.7 Å². The van der Waals surface area contributed by atoms with Crippen molar-refractivity contribution in [1.82, 2.24) is 25.4 Å². The molecule has 0 bridgehead atoms. The van der Waals surface area contributed by atoms with Crippen LogP contribution in [0, 0.1) is 18.8 Å². The van der Waals surface area contributed by atoms with Gasteiger partial charge in [-0.2, -0.15) is 15.3 Å². The van der Waals surface area contributed by atoms with Crippen molar-refractivity contribution in [2.75, 3.05) is 4.90 Å². The molecule has 2 fully saturated rings. The van der Waals surface area contributed by atoms with Gasteiger partial charge in [-0.1, -0.05) is 17.7 Å². The summed E-state index contributed by atoms with van der Waals surface area (Å²) in [7, 11) is 0. The van der Waals surface area contributed by atoms with Gasteiger partial charge in [-0.3, -0.25) is 14.8 Å². The molecule has 1 amide bonds. The minimum atomic E-state index is -0.0194. The van der Waals surface area contributed by atoms with Crippen LogP contribution in [0.1, 0.15) is 17.5 Å². The Labute approximate surface area is 160 Å². The van der Waals surface area contributed by atoms with Gasteiger partial charge in [0.1, 0.15) is 11.0 Å². The molecule has 0 radical (unpaired) electrons. The quantitative estimate of drug-likeness (QED) is 0.703. The Morgan fingerprint density at radius 1 is 1.26 bits per heavy atom. The molecule has 5 rings (SSSR count). The highest BCUT2D eigenvalue weighted by Crippen LogP contribution is 2.51. The van der Waals surface area contributed by atoms with Crippen molar-refractivity contribution in [2.24, 2.45) is 11.8 Å². The van der Waals surface area contributed by atoms with Gasteiger partial charge in [0.05, 0.1) is 18.1 Å². The van der Waals surface area contributed by atoms with Crippen LogP contribution in [0.25, 0.3) is 11.3 Å². The maximum absolute atomic E-state index is 13.0. The summed E-state index contributed by atoms with van der Waals surface area (Å²) in [5.74, 6) is 1.26. The van der Waals surface area contributed by atoms with E-state index in [1.807, 2.05) is 24.0 Å². The summed E-state index contributed by atoms with van der Waals surface area (Å²) in [6.07, 6.45) is 6.87. The van der Waals surface area contributed by atoms with Crippen molar-refractivity contribution in [2.45, 2.75) is 25.8 Å². The zero-order valence-electron chi connectivity index (χ0n) is 14.6. The molecule has 3 aromatic rings. The molecule has 3 aromatic heterocycles. The largest absolute Gasteiger partial charge is 0.293 e. The first kappa shape index (κ1) is 16.4. The number of H-pyrrole nitrogens is 1. The van der Waals surface area contributed by atoms with Crippen molar-refractivity contribution in [3.63, 3.8) is 0 Å². The third kappa shape index (κ3) is 2.78. The van der Waals surface area contributed by atoms with Gasteiger partial charge in [0.25, 0.3) is 0 Å². The third-order valence-electron chi connectivity index (χ3n) is 5.48. The molecule has 1 saturated heterocycles. The molecule has 136 valence electrons. The average molecular weight is 381 g/mol. The summed E-state index contributed by atoms with van der Waals surface area (Å²) in [6, 6.07) is 5.89. The number of anilines is 1. The molecule has 4 heterocycles. The Bertz CT molecular complexity index is 1020. The summed E-state index contributed by atoms with van der Waals surface area (Å²) < 4.78 is 0. The van der Waals surface area contributed by atoms with E-state index < -0.39 is 0 Å². The maximum atomic E-state index is 13.0. The normalized spacial score (nSPS) is 23.6. The van der Waals surface area contributed by atoms with Crippen molar-refractivity contribution in [3.05, 3.63) is 53.1 Å². The Morgan fingerprint density at radius 2 is 2.11 bits per heavy atom. The monoisotopic (exact) mass is 380 g/mol. The highest BCUT2D eigenvalue weighted by atomic mass is 35.5. The molecule has 0 aromatic carbocycles. The van der Waals surface area contributed by atoms with E-state index in [0.29, 0.717) is 17.5 Å². The number of aromatic amines is 1. The number of aryl methyl sites for hydroxylation is 1. The Hall–Kier alpha value is -2.80. The van der Waals surface area contributed by atoms with Gasteiger partial charge in [-0.05, 0) is 42.9 Å². The minimum absolute atomic E-state index is 0.0194. The van der Waals surface area contributed by atoms with E-state index in [0.717, 1.165) is 34.6 Å². The van der Waals surface area contributed by atoms with Crippen molar-refractivity contribution >= 4 is 23.3 Å². The van der Waals surface area contributed by atoms with E-state index in [1.165, 1.54) is 0 Å². The lowest BCUT2D eigenvalue weighted by Crippen LogP contribution is -2.32. The number of carbonyl (C=O) groups excluding carboxylic acids is 1. The molecule has 27 heavy (non-hydrogen) atoms. The van der Waals surface area contributed by atoms with Gasteiger partial charge >= 0.3 is 0 Å². The van der Waals surface area contributed by atoms with Crippen molar-refractivity contribution in [1.29, 1.82) is 0 Å². The van der Waals surface area contributed by atoms with Crippen molar-refractivity contribution < 1.29 is 4.79 Å². The van der Waals surface area contributed by atoms with Crippen LogP contribution in [0.5, 0.6) is 0 Å². The lowest BCUT2D eigenvalue weighted by molar-refractivity contribution is -0.121. The number of hydrogen-bond acceptors (Lipinski definition) is 5. The smallest absolute Gasteiger partial charge is 0.232 e. The van der Waals surface area contributed by atoms with Gasteiger partial charge in [0.2, 0.25) is 5.91 Å². The first-order chi connectivity index (χ1) is 13.1. The van der Waals surface area contributed by atoms with Gasteiger partial charge in [-0.25, -0.2) is 4.98 Å². The first-order valence-corrected chi connectivity index (χ1v) is 9.26. The SMILES string of the molecule is Cc1cnncc1-c1cc(N2C(=O)[C@H](Cc3ccc(Cl)nc3)[C@@H]3C[C@@H]32)[nH]n1. The van der Waals surface area contributed by atoms with E-state index in [1.54, 1.807) is 24.7 Å². The molecule has 2 aliphatic rings. The second-order valence-electron chi connectivity index (χ2n) is 7.20. The molecule has 0 spiro atoms. The summed E-state index contributed by atoms with van der Waals surface area (Å²) in [5.41, 5.74) is 3.71. The Kier molecular flexibility index (Phi) is 3.72. The summed E-state index contributed by atoms with van der Waals surface area (Å²) in [5, 5.41) is 15.7. The van der Waals surface area contributed by atoms with Crippen LogP contribution in [-0.2, 0) is 11.2 Å². The van der Waals surface area contributed by atoms with Crippen LogP contribution in [0.2, 0.25) is 5.15 Å².